The zero-order valence-electron chi connectivity index (χ0n) is 15.2. The number of nitrogens with zero attached hydrogens (tertiary/aromatic N) is 3. The largest absolute Gasteiger partial charge is 0.297 e. The van der Waals surface area contributed by atoms with E-state index in [9.17, 15) is 4.79 Å². The molecule has 4 rings (SSSR count). The molecule has 2 saturated heterocycles. The van der Waals surface area contributed by atoms with Crippen LogP contribution in [0.2, 0.25) is 0 Å². The summed E-state index contributed by atoms with van der Waals surface area (Å²) < 4.78 is 0. The van der Waals surface area contributed by atoms with E-state index in [0.29, 0.717) is 6.61 Å². The van der Waals surface area contributed by atoms with Gasteiger partial charge in [0.2, 0.25) is 5.91 Å². The Balaban J connectivity index is 1.44. The molecule has 5 nitrogen and oxygen atoms in total. The average Bonchev–Trinajstić information content (AvgIpc) is 3.24. The second-order valence-electron chi connectivity index (χ2n) is 8.02. The van der Waals surface area contributed by atoms with E-state index in [4.69, 9.17) is 4.84 Å². The quantitative estimate of drug-likeness (QED) is 0.846. The van der Waals surface area contributed by atoms with Crippen LogP contribution in [0, 0.1) is 18.3 Å². The molecule has 0 aromatic carbocycles. The fourth-order valence-corrected chi connectivity index (χ4v) is 4.97. The molecule has 2 aliphatic heterocycles. The van der Waals surface area contributed by atoms with Crippen LogP contribution in [0.5, 0.6) is 0 Å². The summed E-state index contributed by atoms with van der Waals surface area (Å²) in [5.74, 6) is 0.383. The number of hydrogen-bond donors (Lipinski definition) is 0. The number of likely N-dealkylation sites (tertiary alicyclic amines) is 1. The standard InChI is InChI=1S/C20H29N3O2/c1-16-6-5-10-21-18(16)14-22-12-9-20(15-22)8-4-7-17(20)19(24)23-11-2-3-13-25-23/h5-6,10,17H,2-4,7-9,11-15H2,1H3. The van der Waals surface area contributed by atoms with Crippen LogP contribution in [0.1, 0.15) is 49.8 Å². The Morgan fingerprint density at radius 1 is 1.32 bits per heavy atom. The molecule has 5 heteroatoms. The minimum atomic E-state index is 0.139. The first-order valence-corrected chi connectivity index (χ1v) is 9.75. The molecule has 1 amide bonds. The summed E-state index contributed by atoms with van der Waals surface area (Å²) in [7, 11) is 0. The van der Waals surface area contributed by atoms with Gasteiger partial charge in [0.05, 0.1) is 12.3 Å². The smallest absolute Gasteiger partial charge is 0.249 e. The van der Waals surface area contributed by atoms with Gasteiger partial charge in [0.25, 0.3) is 0 Å². The first-order valence-electron chi connectivity index (χ1n) is 9.75. The van der Waals surface area contributed by atoms with Gasteiger partial charge in [-0.15, -0.1) is 0 Å². The Hall–Kier alpha value is -1.46. The Morgan fingerprint density at radius 2 is 2.24 bits per heavy atom. The molecular weight excluding hydrogens is 314 g/mol. The molecule has 2 atom stereocenters. The van der Waals surface area contributed by atoms with Gasteiger partial charge in [-0.1, -0.05) is 12.5 Å². The number of pyridine rings is 1. The maximum Gasteiger partial charge on any atom is 0.249 e. The molecule has 3 fully saturated rings. The number of amides is 1. The van der Waals surface area contributed by atoms with Crippen molar-refractivity contribution in [1.82, 2.24) is 14.9 Å². The molecule has 0 radical (unpaired) electrons. The van der Waals surface area contributed by atoms with E-state index in [1.165, 1.54) is 24.1 Å². The van der Waals surface area contributed by atoms with E-state index in [1.807, 2.05) is 12.3 Å². The van der Waals surface area contributed by atoms with Crippen LogP contribution in [0.3, 0.4) is 0 Å². The second kappa shape index (κ2) is 7.04. The van der Waals surface area contributed by atoms with Gasteiger partial charge in [0.15, 0.2) is 0 Å². The fraction of sp³-hybridized carbons (Fsp3) is 0.700. The van der Waals surface area contributed by atoms with E-state index >= 15 is 0 Å². The maximum absolute atomic E-state index is 13.1. The van der Waals surface area contributed by atoms with Crippen molar-refractivity contribution in [2.45, 2.75) is 52.0 Å². The normalized spacial score (nSPS) is 30.3. The van der Waals surface area contributed by atoms with Crippen molar-refractivity contribution in [3.8, 4) is 0 Å². The fourth-order valence-electron chi connectivity index (χ4n) is 4.97. The van der Waals surface area contributed by atoms with Gasteiger partial charge in [-0.3, -0.25) is 19.5 Å². The van der Waals surface area contributed by atoms with Gasteiger partial charge in [-0.2, -0.15) is 0 Å². The van der Waals surface area contributed by atoms with Gasteiger partial charge < -0.3 is 0 Å². The van der Waals surface area contributed by atoms with Crippen molar-refractivity contribution in [2.75, 3.05) is 26.2 Å². The minimum Gasteiger partial charge on any atom is -0.297 e. The van der Waals surface area contributed by atoms with Crippen LogP contribution >= 0.6 is 0 Å². The van der Waals surface area contributed by atoms with Gasteiger partial charge in [-0.25, -0.2) is 5.06 Å². The lowest BCUT2D eigenvalue weighted by Crippen LogP contribution is -2.45. The van der Waals surface area contributed by atoms with Crippen molar-refractivity contribution in [1.29, 1.82) is 0 Å². The predicted octanol–water partition coefficient (Wildman–Crippen LogP) is 2.94. The first kappa shape index (κ1) is 17.0. The van der Waals surface area contributed by atoms with Crippen LogP contribution in [0.15, 0.2) is 18.3 Å². The summed E-state index contributed by atoms with van der Waals surface area (Å²) in [4.78, 5) is 25.7. The minimum absolute atomic E-state index is 0.139. The van der Waals surface area contributed by atoms with E-state index < -0.39 is 0 Å². The molecule has 1 saturated carbocycles. The molecule has 1 spiro atoms. The van der Waals surface area contributed by atoms with Gasteiger partial charge in [-0.05, 0) is 62.6 Å². The van der Waals surface area contributed by atoms with Crippen molar-refractivity contribution >= 4 is 5.91 Å². The van der Waals surface area contributed by atoms with Crippen molar-refractivity contribution in [3.63, 3.8) is 0 Å². The Kier molecular flexibility index (Phi) is 4.78. The highest BCUT2D eigenvalue weighted by Crippen LogP contribution is 2.50. The Morgan fingerprint density at radius 3 is 3.04 bits per heavy atom. The second-order valence-corrected chi connectivity index (χ2v) is 8.02. The van der Waals surface area contributed by atoms with Crippen LogP contribution in [0.4, 0.5) is 0 Å². The van der Waals surface area contributed by atoms with Gasteiger partial charge in [0.1, 0.15) is 0 Å². The summed E-state index contributed by atoms with van der Waals surface area (Å²) >= 11 is 0. The number of aryl methyl sites for hydroxylation is 1. The molecule has 0 N–H and O–H groups in total. The number of aromatic nitrogens is 1. The summed E-state index contributed by atoms with van der Waals surface area (Å²) in [6.45, 7) is 6.58. The molecule has 136 valence electrons. The first-order chi connectivity index (χ1) is 12.2. The third-order valence-electron chi connectivity index (χ3n) is 6.41. The van der Waals surface area contributed by atoms with Gasteiger partial charge >= 0.3 is 0 Å². The number of hydrogen-bond acceptors (Lipinski definition) is 4. The molecule has 3 heterocycles. The third-order valence-corrected chi connectivity index (χ3v) is 6.41. The lowest BCUT2D eigenvalue weighted by atomic mass is 9.76. The summed E-state index contributed by atoms with van der Waals surface area (Å²) in [6, 6.07) is 4.12. The topological polar surface area (TPSA) is 45.7 Å². The molecule has 3 aliphatic rings. The highest BCUT2D eigenvalue weighted by Gasteiger charge is 2.51. The van der Waals surface area contributed by atoms with E-state index in [-0.39, 0.29) is 17.2 Å². The number of hydroxylamine groups is 2. The van der Waals surface area contributed by atoms with Crippen molar-refractivity contribution in [3.05, 3.63) is 29.6 Å². The molecule has 25 heavy (non-hydrogen) atoms. The van der Waals surface area contributed by atoms with E-state index in [2.05, 4.69) is 22.9 Å². The monoisotopic (exact) mass is 343 g/mol. The Bertz CT molecular complexity index is 629. The van der Waals surface area contributed by atoms with Crippen molar-refractivity contribution < 1.29 is 9.63 Å². The number of rotatable bonds is 3. The lowest BCUT2D eigenvalue weighted by molar-refractivity contribution is -0.204. The molecule has 1 aromatic heterocycles. The molecular formula is C20H29N3O2. The SMILES string of the molecule is Cc1cccnc1CN1CCC2(CCCC2C(=O)N2CCCCO2)C1. The zero-order chi connectivity index (χ0) is 17.3. The summed E-state index contributed by atoms with van der Waals surface area (Å²) in [5, 5.41) is 1.67. The zero-order valence-corrected chi connectivity index (χ0v) is 15.2. The lowest BCUT2D eigenvalue weighted by Gasteiger charge is -2.35. The van der Waals surface area contributed by atoms with Crippen LogP contribution in [-0.4, -0.2) is 47.1 Å². The molecule has 2 unspecified atom stereocenters. The van der Waals surface area contributed by atoms with E-state index in [0.717, 1.165) is 51.9 Å². The molecule has 1 aliphatic carbocycles. The van der Waals surface area contributed by atoms with Crippen LogP contribution < -0.4 is 0 Å². The number of carbonyl (C=O) groups is 1. The maximum atomic E-state index is 13.1. The highest BCUT2D eigenvalue weighted by molar-refractivity contribution is 5.79. The average molecular weight is 343 g/mol. The van der Waals surface area contributed by atoms with Crippen LogP contribution in [0.25, 0.3) is 0 Å². The van der Waals surface area contributed by atoms with Crippen molar-refractivity contribution in [2.24, 2.45) is 11.3 Å². The molecule has 1 aromatic rings. The number of carbonyl (C=O) groups excluding carboxylic acids is 1. The summed E-state index contributed by atoms with van der Waals surface area (Å²) in [5.41, 5.74) is 2.57. The van der Waals surface area contributed by atoms with Crippen LogP contribution in [-0.2, 0) is 16.2 Å². The third kappa shape index (κ3) is 3.32. The van der Waals surface area contributed by atoms with E-state index in [1.54, 1.807) is 5.06 Å². The van der Waals surface area contributed by atoms with Gasteiger partial charge in [0, 0.05) is 31.7 Å². The molecule has 0 bridgehead atoms. The predicted molar refractivity (Wildman–Crippen MR) is 95.5 cm³/mol. The summed E-state index contributed by atoms with van der Waals surface area (Å²) in [6.07, 6.45) is 8.50. The Labute approximate surface area is 150 Å². The highest BCUT2D eigenvalue weighted by atomic mass is 16.7.